The van der Waals surface area contributed by atoms with Crippen LogP contribution >= 0.6 is 0 Å². The minimum atomic E-state index is -0.0225. The summed E-state index contributed by atoms with van der Waals surface area (Å²) >= 11 is 0. The van der Waals surface area contributed by atoms with Gasteiger partial charge in [-0.2, -0.15) is 0 Å². The average molecular weight is 741 g/mol. The highest BCUT2D eigenvalue weighted by Gasteiger charge is 2.44. The third kappa shape index (κ3) is 5.01. The quantitative estimate of drug-likeness (QED) is 0.176. The molecular formula is C54H36N4. The van der Waals surface area contributed by atoms with Crippen molar-refractivity contribution >= 4 is 49.9 Å². The summed E-state index contributed by atoms with van der Waals surface area (Å²) < 4.78 is 2.38. The van der Waals surface area contributed by atoms with Crippen LogP contribution < -0.4 is 4.90 Å². The number of aromatic nitrogens is 3. The Morgan fingerprint density at radius 1 is 0.431 bits per heavy atom. The minimum Gasteiger partial charge on any atom is -0.309 e. The first kappa shape index (κ1) is 32.7. The summed E-state index contributed by atoms with van der Waals surface area (Å²) in [5, 5.41) is 3.54. The number of benzene rings is 8. The fourth-order valence-corrected chi connectivity index (χ4v) is 9.60. The summed E-state index contributed by atoms with van der Waals surface area (Å²) in [7, 11) is 0. The third-order valence-corrected chi connectivity index (χ3v) is 12.1. The van der Waals surface area contributed by atoms with E-state index in [1.807, 2.05) is 0 Å². The number of rotatable bonds is 5. The molecule has 2 unspecified atom stereocenters. The summed E-state index contributed by atoms with van der Waals surface area (Å²) in [5.74, 6) is 0.794. The topological polar surface area (TPSA) is 34.0 Å². The van der Waals surface area contributed by atoms with Crippen molar-refractivity contribution < 1.29 is 0 Å². The first-order chi connectivity index (χ1) is 28.8. The standard InChI is InChI=1S/C54H36N4/c1-3-16-35(17-4-1)36-18-15-19-38(32-36)52-44-26-9-12-27-48(44)55-54(56-52)58-50-29-14-11-24-42(50)47-34-45(40-22-7-8-25-43(40)53(47)58)37-30-31-51-46(33-37)41-23-10-13-28-49(41)57(51)39-20-5-2-6-21-39/h1-34,47,53H. The number of hydrogen-bond acceptors (Lipinski definition) is 3. The molecule has 3 heterocycles. The Hall–Kier alpha value is -7.56. The number of nitrogens with zero attached hydrogens (tertiary/aromatic N) is 4. The molecule has 0 spiro atoms. The van der Waals surface area contributed by atoms with Gasteiger partial charge in [0.2, 0.25) is 5.95 Å². The average Bonchev–Trinajstić information content (AvgIpc) is 3.82. The maximum Gasteiger partial charge on any atom is 0.231 e. The Morgan fingerprint density at radius 2 is 1.10 bits per heavy atom. The molecule has 4 heteroatoms. The maximum absolute atomic E-state index is 5.51. The lowest BCUT2D eigenvalue weighted by Gasteiger charge is -2.34. The lowest BCUT2D eigenvalue weighted by atomic mass is 9.77. The molecule has 0 saturated carbocycles. The molecule has 10 aromatic rings. The monoisotopic (exact) mass is 740 g/mol. The van der Waals surface area contributed by atoms with Crippen LogP contribution in [0.15, 0.2) is 206 Å². The minimum absolute atomic E-state index is 0.0225. The van der Waals surface area contributed by atoms with Crippen molar-refractivity contribution in [2.75, 3.05) is 4.90 Å². The highest BCUT2D eigenvalue weighted by Crippen LogP contribution is 2.57. The van der Waals surface area contributed by atoms with E-state index in [0.717, 1.165) is 39.1 Å². The van der Waals surface area contributed by atoms with E-state index < -0.39 is 0 Å². The molecule has 58 heavy (non-hydrogen) atoms. The predicted octanol–water partition coefficient (Wildman–Crippen LogP) is 13.5. The lowest BCUT2D eigenvalue weighted by Crippen LogP contribution is -2.26. The van der Waals surface area contributed by atoms with Gasteiger partial charge in [0, 0.05) is 39.0 Å². The summed E-state index contributed by atoms with van der Waals surface area (Å²) in [6.45, 7) is 0. The summed E-state index contributed by atoms with van der Waals surface area (Å²) in [4.78, 5) is 13.3. The van der Waals surface area contributed by atoms with Crippen molar-refractivity contribution in [1.29, 1.82) is 0 Å². The maximum atomic E-state index is 5.51. The van der Waals surface area contributed by atoms with Crippen LogP contribution in [0.25, 0.3) is 66.4 Å². The normalized spacial score (nSPS) is 15.7. The van der Waals surface area contributed by atoms with Crippen molar-refractivity contribution in [3.63, 3.8) is 0 Å². The molecule has 0 amide bonds. The van der Waals surface area contributed by atoms with E-state index in [0.29, 0.717) is 5.95 Å². The molecule has 1 aliphatic carbocycles. The fraction of sp³-hybridized carbons (Fsp3) is 0.0370. The van der Waals surface area contributed by atoms with Crippen LogP contribution in [0.2, 0.25) is 0 Å². The van der Waals surface area contributed by atoms with Crippen LogP contribution in [0.3, 0.4) is 0 Å². The van der Waals surface area contributed by atoms with E-state index in [2.05, 4.69) is 216 Å². The molecule has 1 aliphatic heterocycles. The summed E-state index contributed by atoms with van der Waals surface area (Å²) in [6.07, 6.45) is 2.51. The van der Waals surface area contributed by atoms with Crippen LogP contribution in [0.5, 0.6) is 0 Å². The lowest BCUT2D eigenvalue weighted by molar-refractivity contribution is 0.654. The van der Waals surface area contributed by atoms with E-state index in [9.17, 15) is 0 Å². The van der Waals surface area contributed by atoms with Crippen LogP contribution in [0.1, 0.15) is 34.2 Å². The van der Waals surface area contributed by atoms with Gasteiger partial charge in [0.25, 0.3) is 0 Å². The van der Waals surface area contributed by atoms with Gasteiger partial charge in [-0.25, -0.2) is 9.97 Å². The number of fused-ring (bicyclic) bond motifs is 9. The molecule has 2 aliphatic rings. The highest BCUT2D eigenvalue weighted by molar-refractivity contribution is 6.10. The largest absolute Gasteiger partial charge is 0.309 e. The SMILES string of the molecule is C1=C(c2ccc3c(c2)c2ccccc2n3-c2ccccc2)c2ccccc2C2C1c1ccccc1N2c1nc(-c2cccc(-c3ccccc3)c2)c2ccccc2n1. The van der Waals surface area contributed by atoms with Crippen LogP contribution in [-0.2, 0) is 0 Å². The van der Waals surface area contributed by atoms with Crippen LogP contribution in [-0.4, -0.2) is 14.5 Å². The van der Waals surface area contributed by atoms with Gasteiger partial charge >= 0.3 is 0 Å². The van der Waals surface area contributed by atoms with E-state index in [1.165, 1.54) is 55.2 Å². The predicted molar refractivity (Wildman–Crippen MR) is 239 cm³/mol. The summed E-state index contributed by atoms with van der Waals surface area (Å²) in [5.41, 5.74) is 16.3. The Balaban J connectivity index is 1.03. The van der Waals surface area contributed by atoms with Crippen LogP contribution in [0, 0.1) is 0 Å². The molecule has 4 nitrogen and oxygen atoms in total. The van der Waals surface area contributed by atoms with Crippen molar-refractivity contribution in [2.24, 2.45) is 0 Å². The van der Waals surface area contributed by atoms with Crippen LogP contribution in [0.4, 0.5) is 11.6 Å². The first-order valence-electron chi connectivity index (χ1n) is 20.0. The molecule has 12 rings (SSSR count). The zero-order valence-electron chi connectivity index (χ0n) is 31.6. The van der Waals surface area contributed by atoms with Gasteiger partial charge in [-0.1, -0.05) is 158 Å². The zero-order chi connectivity index (χ0) is 38.2. The van der Waals surface area contributed by atoms with Gasteiger partial charge in [0.05, 0.1) is 28.3 Å². The van der Waals surface area contributed by atoms with E-state index in [-0.39, 0.29) is 12.0 Å². The molecule has 0 fully saturated rings. The molecule has 2 aromatic heterocycles. The number of para-hydroxylation sites is 4. The second kappa shape index (κ2) is 13.0. The van der Waals surface area contributed by atoms with E-state index >= 15 is 0 Å². The molecule has 0 bridgehead atoms. The molecule has 272 valence electrons. The zero-order valence-corrected chi connectivity index (χ0v) is 31.6. The molecular weight excluding hydrogens is 705 g/mol. The van der Waals surface area contributed by atoms with Crippen molar-refractivity contribution in [2.45, 2.75) is 12.0 Å². The highest BCUT2D eigenvalue weighted by atomic mass is 15.3. The van der Waals surface area contributed by atoms with Gasteiger partial charge in [0.1, 0.15) is 0 Å². The molecule has 8 aromatic carbocycles. The van der Waals surface area contributed by atoms with Gasteiger partial charge in [0.15, 0.2) is 0 Å². The van der Waals surface area contributed by atoms with Crippen molar-refractivity contribution in [1.82, 2.24) is 14.5 Å². The number of hydrogen-bond donors (Lipinski definition) is 0. The Kier molecular flexibility index (Phi) is 7.32. The smallest absolute Gasteiger partial charge is 0.231 e. The van der Waals surface area contributed by atoms with Gasteiger partial charge in [-0.15, -0.1) is 0 Å². The molecule has 0 radical (unpaired) electrons. The Morgan fingerprint density at radius 3 is 1.98 bits per heavy atom. The first-order valence-corrected chi connectivity index (χ1v) is 20.0. The van der Waals surface area contributed by atoms with Gasteiger partial charge < -0.3 is 9.47 Å². The summed E-state index contributed by atoms with van der Waals surface area (Å²) in [6, 6.07) is 71.9. The second-order valence-electron chi connectivity index (χ2n) is 15.3. The van der Waals surface area contributed by atoms with Crippen molar-refractivity contribution in [3.05, 3.63) is 229 Å². The Labute approximate surface area is 336 Å². The molecule has 0 N–H and O–H groups in total. The van der Waals surface area contributed by atoms with Gasteiger partial charge in [-0.05, 0) is 87.5 Å². The number of anilines is 2. The second-order valence-corrected chi connectivity index (χ2v) is 15.3. The molecule has 0 saturated heterocycles. The van der Waals surface area contributed by atoms with E-state index in [1.54, 1.807) is 0 Å². The van der Waals surface area contributed by atoms with E-state index in [4.69, 9.17) is 9.97 Å². The molecule has 2 atom stereocenters. The fourth-order valence-electron chi connectivity index (χ4n) is 9.60. The Bertz CT molecular complexity index is 3250. The van der Waals surface area contributed by atoms with Gasteiger partial charge in [-0.3, -0.25) is 0 Å². The van der Waals surface area contributed by atoms with Crippen molar-refractivity contribution in [3.8, 4) is 28.1 Å². The third-order valence-electron chi connectivity index (χ3n) is 12.1.